The SMILES string of the molecule is N=C1CCC(C(=O)N2Cc3cccnc3Nc3ccc(N4CCOCC4)cc32)CC1. The van der Waals surface area contributed by atoms with Gasteiger partial charge in [0.1, 0.15) is 5.82 Å². The second kappa shape index (κ2) is 8.07. The van der Waals surface area contributed by atoms with Gasteiger partial charge in [0.05, 0.1) is 31.1 Å². The number of carbonyl (C=O) groups is 1. The lowest BCUT2D eigenvalue weighted by atomic mass is 9.87. The molecule has 1 aliphatic carbocycles. The number of anilines is 4. The van der Waals surface area contributed by atoms with Crippen molar-refractivity contribution in [3.8, 4) is 0 Å². The van der Waals surface area contributed by atoms with Gasteiger partial charge < -0.3 is 25.3 Å². The number of carbonyl (C=O) groups excluding carboxylic acids is 1. The van der Waals surface area contributed by atoms with E-state index in [9.17, 15) is 4.79 Å². The Morgan fingerprint density at radius 1 is 1.17 bits per heavy atom. The molecule has 1 amide bonds. The summed E-state index contributed by atoms with van der Waals surface area (Å²) in [6, 6.07) is 10.2. The van der Waals surface area contributed by atoms with Crippen molar-refractivity contribution in [2.24, 2.45) is 5.92 Å². The molecule has 0 radical (unpaired) electrons. The molecule has 0 spiro atoms. The average molecular weight is 406 g/mol. The van der Waals surface area contributed by atoms with Crippen LogP contribution >= 0.6 is 0 Å². The molecule has 7 nitrogen and oxygen atoms in total. The smallest absolute Gasteiger partial charge is 0.230 e. The Morgan fingerprint density at radius 3 is 2.77 bits per heavy atom. The summed E-state index contributed by atoms with van der Waals surface area (Å²) in [6.07, 6.45) is 4.75. The molecule has 2 fully saturated rings. The fraction of sp³-hybridized carbons (Fsp3) is 0.435. The molecule has 30 heavy (non-hydrogen) atoms. The van der Waals surface area contributed by atoms with E-state index in [1.54, 1.807) is 6.20 Å². The maximum absolute atomic E-state index is 13.6. The molecule has 2 N–H and O–H groups in total. The minimum absolute atomic E-state index is 0.0304. The Hall–Kier alpha value is -2.93. The van der Waals surface area contributed by atoms with Gasteiger partial charge in [0, 0.05) is 42.2 Å². The third kappa shape index (κ3) is 3.65. The third-order valence-electron chi connectivity index (χ3n) is 6.33. The van der Waals surface area contributed by atoms with Crippen molar-refractivity contribution in [1.82, 2.24) is 4.98 Å². The zero-order valence-electron chi connectivity index (χ0n) is 17.1. The zero-order chi connectivity index (χ0) is 20.5. The van der Waals surface area contributed by atoms with Gasteiger partial charge in [0.25, 0.3) is 0 Å². The molecule has 7 heteroatoms. The molecule has 0 atom stereocenters. The van der Waals surface area contributed by atoms with Crippen LogP contribution < -0.4 is 15.1 Å². The fourth-order valence-electron chi connectivity index (χ4n) is 4.56. The molecule has 2 aliphatic heterocycles. The number of rotatable bonds is 2. The number of ether oxygens (including phenoxy) is 1. The molecule has 0 bridgehead atoms. The van der Waals surface area contributed by atoms with E-state index >= 15 is 0 Å². The summed E-state index contributed by atoms with van der Waals surface area (Å²) in [5, 5.41) is 11.3. The van der Waals surface area contributed by atoms with Crippen LogP contribution in [0.25, 0.3) is 0 Å². The van der Waals surface area contributed by atoms with Crippen molar-refractivity contribution in [1.29, 1.82) is 5.41 Å². The molecule has 1 saturated heterocycles. The first kappa shape index (κ1) is 19.1. The summed E-state index contributed by atoms with van der Waals surface area (Å²) in [4.78, 5) is 22.4. The first-order valence-electron chi connectivity index (χ1n) is 10.7. The largest absolute Gasteiger partial charge is 0.378 e. The Kier molecular flexibility index (Phi) is 5.12. The molecule has 1 aromatic carbocycles. The number of benzene rings is 1. The first-order chi connectivity index (χ1) is 14.7. The highest BCUT2D eigenvalue weighted by atomic mass is 16.5. The van der Waals surface area contributed by atoms with Crippen molar-refractivity contribution in [2.75, 3.05) is 41.4 Å². The summed E-state index contributed by atoms with van der Waals surface area (Å²) < 4.78 is 5.50. The summed E-state index contributed by atoms with van der Waals surface area (Å²) in [5.74, 6) is 0.928. The van der Waals surface area contributed by atoms with Crippen LogP contribution in [0.1, 0.15) is 31.2 Å². The molecular formula is C23H27N5O2. The Balaban J connectivity index is 1.52. The van der Waals surface area contributed by atoms with Gasteiger partial charge in [-0.05, 0) is 49.9 Å². The van der Waals surface area contributed by atoms with Gasteiger partial charge in [-0.2, -0.15) is 0 Å². The summed E-state index contributed by atoms with van der Waals surface area (Å²) in [6.45, 7) is 3.66. The molecule has 3 heterocycles. The average Bonchev–Trinajstić information content (AvgIpc) is 2.96. The van der Waals surface area contributed by atoms with E-state index in [1.807, 2.05) is 17.0 Å². The van der Waals surface area contributed by atoms with Crippen LogP contribution in [0, 0.1) is 11.3 Å². The number of morpholine rings is 1. The molecule has 1 saturated carbocycles. The van der Waals surface area contributed by atoms with Crippen molar-refractivity contribution in [3.63, 3.8) is 0 Å². The van der Waals surface area contributed by atoms with Crippen LogP contribution in [-0.4, -0.2) is 42.9 Å². The normalized spacial score (nSPS) is 21.3. The second-order valence-electron chi connectivity index (χ2n) is 8.24. The van der Waals surface area contributed by atoms with Crippen LogP contribution in [0.2, 0.25) is 0 Å². The van der Waals surface area contributed by atoms with E-state index in [4.69, 9.17) is 10.1 Å². The Labute approximate surface area is 176 Å². The van der Waals surface area contributed by atoms with Gasteiger partial charge in [-0.1, -0.05) is 6.07 Å². The maximum atomic E-state index is 13.6. The van der Waals surface area contributed by atoms with Crippen molar-refractivity contribution in [2.45, 2.75) is 32.2 Å². The minimum Gasteiger partial charge on any atom is -0.378 e. The Bertz CT molecular complexity index is 960. The van der Waals surface area contributed by atoms with Gasteiger partial charge >= 0.3 is 0 Å². The van der Waals surface area contributed by atoms with Crippen LogP contribution in [0.5, 0.6) is 0 Å². The van der Waals surface area contributed by atoms with Gasteiger partial charge in [-0.15, -0.1) is 0 Å². The van der Waals surface area contributed by atoms with Gasteiger partial charge in [0.2, 0.25) is 5.91 Å². The molecule has 2 aromatic rings. The molecule has 3 aliphatic rings. The number of nitrogens with zero attached hydrogens (tertiary/aromatic N) is 3. The number of amides is 1. The van der Waals surface area contributed by atoms with E-state index in [0.29, 0.717) is 6.54 Å². The minimum atomic E-state index is -0.0304. The molecule has 5 rings (SSSR count). The van der Waals surface area contributed by atoms with Crippen molar-refractivity contribution >= 4 is 34.5 Å². The number of fused-ring (bicyclic) bond motifs is 2. The number of hydrogen-bond acceptors (Lipinski definition) is 6. The quantitative estimate of drug-likeness (QED) is 0.796. The molecule has 0 unspecified atom stereocenters. The number of hydrogen-bond donors (Lipinski definition) is 2. The monoisotopic (exact) mass is 405 g/mol. The van der Waals surface area contributed by atoms with Crippen LogP contribution in [-0.2, 0) is 16.1 Å². The number of pyridine rings is 1. The molecule has 1 aromatic heterocycles. The maximum Gasteiger partial charge on any atom is 0.230 e. The van der Waals surface area contributed by atoms with Gasteiger partial charge in [-0.25, -0.2) is 4.98 Å². The van der Waals surface area contributed by atoms with E-state index in [2.05, 4.69) is 33.4 Å². The standard InChI is InChI=1S/C23H27N5O2/c24-18-5-3-16(4-6-18)23(29)28-15-17-2-1-9-25-22(17)26-20-8-7-19(14-21(20)28)27-10-12-30-13-11-27/h1-2,7-9,14,16,24H,3-6,10-13,15H2,(H,25,26). The van der Waals surface area contributed by atoms with Crippen molar-refractivity contribution in [3.05, 3.63) is 42.1 Å². The Morgan fingerprint density at radius 2 is 1.97 bits per heavy atom. The van der Waals surface area contributed by atoms with E-state index in [1.165, 1.54) is 0 Å². The summed E-state index contributed by atoms with van der Waals surface area (Å²) >= 11 is 0. The lowest BCUT2D eigenvalue weighted by Crippen LogP contribution is -2.38. The van der Waals surface area contributed by atoms with E-state index in [-0.39, 0.29) is 11.8 Å². The van der Waals surface area contributed by atoms with E-state index in [0.717, 1.165) is 86.1 Å². The van der Waals surface area contributed by atoms with Gasteiger partial charge in [0.15, 0.2) is 0 Å². The predicted molar refractivity (Wildman–Crippen MR) is 118 cm³/mol. The molecule has 156 valence electrons. The van der Waals surface area contributed by atoms with E-state index < -0.39 is 0 Å². The highest BCUT2D eigenvalue weighted by Gasteiger charge is 2.32. The predicted octanol–water partition coefficient (Wildman–Crippen LogP) is 3.72. The van der Waals surface area contributed by atoms with Crippen LogP contribution in [0.3, 0.4) is 0 Å². The topological polar surface area (TPSA) is 81.5 Å². The second-order valence-corrected chi connectivity index (χ2v) is 8.24. The summed E-state index contributed by atoms with van der Waals surface area (Å²) in [5.41, 5.74) is 4.70. The molecular weight excluding hydrogens is 378 g/mol. The highest BCUT2D eigenvalue weighted by molar-refractivity contribution is 6.01. The third-order valence-corrected chi connectivity index (χ3v) is 6.33. The zero-order valence-corrected chi connectivity index (χ0v) is 17.1. The lowest BCUT2D eigenvalue weighted by Gasteiger charge is -2.32. The lowest BCUT2D eigenvalue weighted by molar-refractivity contribution is -0.123. The first-order valence-corrected chi connectivity index (χ1v) is 10.7. The van der Waals surface area contributed by atoms with Crippen LogP contribution in [0.4, 0.5) is 22.9 Å². The van der Waals surface area contributed by atoms with Gasteiger partial charge in [-0.3, -0.25) is 4.79 Å². The number of aromatic nitrogens is 1. The highest BCUT2D eigenvalue weighted by Crippen LogP contribution is 2.39. The van der Waals surface area contributed by atoms with Crippen molar-refractivity contribution < 1.29 is 9.53 Å². The fourth-order valence-corrected chi connectivity index (χ4v) is 4.56. The van der Waals surface area contributed by atoms with Crippen LogP contribution in [0.15, 0.2) is 36.5 Å². The summed E-state index contributed by atoms with van der Waals surface area (Å²) in [7, 11) is 0. The number of nitrogens with one attached hydrogen (secondary N) is 2.